The van der Waals surface area contributed by atoms with E-state index in [1.54, 1.807) is 13.8 Å². The molecule has 7 heteroatoms. The molecule has 1 aliphatic rings. The van der Waals surface area contributed by atoms with Gasteiger partial charge in [-0.05, 0) is 19.1 Å². The van der Waals surface area contributed by atoms with Crippen LogP contribution in [0.15, 0.2) is 23.8 Å². The standard InChI is InChI=1S/C14H15NO6/c1-4-20-14(2)11(13(16)19-3)8-9-7-10(15(17)18)5-6-12(9)21-14/h5-8H,4H2,1-3H3. The number of carbonyl (C=O) groups is 1. The highest BCUT2D eigenvalue weighted by Crippen LogP contribution is 2.38. The Labute approximate surface area is 121 Å². The van der Waals surface area contributed by atoms with E-state index in [0.29, 0.717) is 17.9 Å². The van der Waals surface area contributed by atoms with E-state index in [0.717, 1.165) is 0 Å². The summed E-state index contributed by atoms with van der Waals surface area (Å²) in [6.07, 6.45) is 1.49. The molecule has 1 aromatic carbocycles. The summed E-state index contributed by atoms with van der Waals surface area (Å²) in [6.45, 7) is 3.70. The third kappa shape index (κ3) is 2.73. The first kappa shape index (κ1) is 15.0. The lowest BCUT2D eigenvalue weighted by atomic mass is 9.99. The normalized spacial score (nSPS) is 20.0. The summed E-state index contributed by atoms with van der Waals surface area (Å²) < 4.78 is 16.0. The van der Waals surface area contributed by atoms with E-state index in [1.807, 2.05) is 0 Å². The van der Waals surface area contributed by atoms with Crippen LogP contribution in [0.5, 0.6) is 5.75 Å². The van der Waals surface area contributed by atoms with Crippen molar-refractivity contribution in [3.05, 3.63) is 39.4 Å². The number of rotatable bonds is 4. The molecule has 1 aromatic rings. The minimum atomic E-state index is -1.29. The highest BCUT2D eigenvalue weighted by Gasteiger charge is 2.41. The molecule has 0 aliphatic carbocycles. The minimum absolute atomic E-state index is 0.0853. The number of nitro groups is 1. The number of esters is 1. The molecule has 0 saturated heterocycles. The van der Waals surface area contributed by atoms with Crippen molar-refractivity contribution >= 4 is 17.7 Å². The number of ether oxygens (including phenoxy) is 3. The van der Waals surface area contributed by atoms with Crippen LogP contribution >= 0.6 is 0 Å². The Morgan fingerprint density at radius 2 is 2.19 bits per heavy atom. The lowest BCUT2D eigenvalue weighted by Gasteiger charge is -2.34. The van der Waals surface area contributed by atoms with E-state index < -0.39 is 16.7 Å². The van der Waals surface area contributed by atoms with Crippen molar-refractivity contribution in [2.45, 2.75) is 19.6 Å². The van der Waals surface area contributed by atoms with Crippen molar-refractivity contribution < 1.29 is 23.9 Å². The molecule has 0 aromatic heterocycles. The van der Waals surface area contributed by atoms with Gasteiger partial charge in [0.15, 0.2) is 0 Å². The molecular formula is C14H15NO6. The fraction of sp³-hybridized carbons (Fsp3) is 0.357. The van der Waals surface area contributed by atoms with E-state index in [9.17, 15) is 14.9 Å². The number of methoxy groups -OCH3 is 1. The van der Waals surface area contributed by atoms with Crippen LogP contribution in [-0.2, 0) is 14.3 Å². The monoisotopic (exact) mass is 293 g/mol. The third-order valence-electron chi connectivity index (χ3n) is 3.12. The van der Waals surface area contributed by atoms with Crippen LogP contribution in [0.2, 0.25) is 0 Å². The molecule has 0 N–H and O–H groups in total. The van der Waals surface area contributed by atoms with Crippen LogP contribution in [0.1, 0.15) is 19.4 Å². The van der Waals surface area contributed by atoms with Gasteiger partial charge in [-0.2, -0.15) is 0 Å². The van der Waals surface area contributed by atoms with Gasteiger partial charge in [0.1, 0.15) is 11.3 Å². The van der Waals surface area contributed by atoms with Crippen molar-refractivity contribution in [1.29, 1.82) is 0 Å². The summed E-state index contributed by atoms with van der Waals surface area (Å²) in [4.78, 5) is 22.2. The predicted molar refractivity (Wildman–Crippen MR) is 73.7 cm³/mol. The van der Waals surface area contributed by atoms with Gasteiger partial charge in [0.2, 0.25) is 5.79 Å². The summed E-state index contributed by atoms with van der Waals surface area (Å²) in [5.74, 6) is -1.49. The van der Waals surface area contributed by atoms with Gasteiger partial charge in [-0.3, -0.25) is 10.1 Å². The molecule has 112 valence electrons. The molecule has 0 amide bonds. The second-order valence-electron chi connectivity index (χ2n) is 4.51. The van der Waals surface area contributed by atoms with E-state index in [4.69, 9.17) is 14.2 Å². The quantitative estimate of drug-likeness (QED) is 0.481. The molecule has 0 fully saturated rings. The van der Waals surface area contributed by atoms with Gasteiger partial charge in [0.25, 0.3) is 5.69 Å². The van der Waals surface area contributed by atoms with Crippen LogP contribution in [0.25, 0.3) is 6.08 Å². The second kappa shape index (κ2) is 5.53. The maximum Gasteiger partial charge on any atom is 0.340 e. The topological polar surface area (TPSA) is 87.9 Å². The fourth-order valence-electron chi connectivity index (χ4n) is 2.14. The molecule has 1 unspecified atom stereocenters. The van der Waals surface area contributed by atoms with Crippen molar-refractivity contribution in [2.75, 3.05) is 13.7 Å². The SMILES string of the molecule is CCOC1(C)Oc2ccc([N+](=O)[O-])cc2C=C1C(=O)OC. The molecule has 21 heavy (non-hydrogen) atoms. The number of carbonyl (C=O) groups excluding carboxylic acids is 1. The summed E-state index contributed by atoms with van der Waals surface area (Å²) in [6, 6.07) is 4.15. The molecule has 2 rings (SSSR count). The van der Waals surface area contributed by atoms with Crippen LogP contribution < -0.4 is 4.74 Å². The average molecular weight is 293 g/mol. The van der Waals surface area contributed by atoms with Crippen LogP contribution in [-0.4, -0.2) is 30.4 Å². The van der Waals surface area contributed by atoms with Crippen LogP contribution in [0.4, 0.5) is 5.69 Å². The summed E-state index contributed by atoms with van der Waals surface area (Å²) in [5.41, 5.74) is 0.499. The molecule has 0 bridgehead atoms. The molecule has 0 radical (unpaired) electrons. The predicted octanol–water partition coefficient (Wildman–Crippen LogP) is 2.30. The van der Waals surface area contributed by atoms with Gasteiger partial charge >= 0.3 is 5.97 Å². The maximum atomic E-state index is 11.9. The molecule has 7 nitrogen and oxygen atoms in total. The zero-order chi connectivity index (χ0) is 15.6. The number of nitro benzene ring substituents is 1. The van der Waals surface area contributed by atoms with E-state index in [2.05, 4.69) is 0 Å². The van der Waals surface area contributed by atoms with Gasteiger partial charge < -0.3 is 14.2 Å². The van der Waals surface area contributed by atoms with Gasteiger partial charge in [-0.1, -0.05) is 0 Å². The van der Waals surface area contributed by atoms with Crippen LogP contribution in [0.3, 0.4) is 0 Å². The fourth-order valence-corrected chi connectivity index (χ4v) is 2.14. The molecule has 0 saturated carbocycles. The number of non-ortho nitro benzene ring substituents is 1. The summed E-state index contributed by atoms with van der Waals surface area (Å²) in [7, 11) is 1.25. The van der Waals surface area contributed by atoms with Gasteiger partial charge in [-0.15, -0.1) is 0 Å². The first-order valence-corrected chi connectivity index (χ1v) is 6.33. The highest BCUT2D eigenvalue weighted by atomic mass is 16.7. The Hall–Kier alpha value is -2.41. The number of benzene rings is 1. The number of nitrogens with zero attached hydrogens (tertiary/aromatic N) is 1. The third-order valence-corrected chi connectivity index (χ3v) is 3.12. The van der Waals surface area contributed by atoms with Gasteiger partial charge in [-0.25, -0.2) is 4.79 Å². The summed E-state index contributed by atoms with van der Waals surface area (Å²) >= 11 is 0. The smallest absolute Gasteiger partial charge is 0.340 e. The Bertz CT molecular complexity index is 624. The molecule has 1 aliphatic heterocycles. The lowest BCUT2D eigenvalue weighted by Crippen LogP contribution is -2.43. The van der Waals surface area contributed by atoms with E-state index in [1.165, 1.54) is 31.4 Å². The molecule has 1 atom stereocenters. The lowest BCUT2D eigenvalue weighted by molar-refractivity contribution is -0.384. The minimum Gasteiger partial charge on any atom is -0.465 e. The van der Waals surface area contributed by atoms with Crippen molar-refractivity contribution in [2.24, 2.45) is 0 Å². The van der Waals surface area contributed by atoms with Crippen molar-refractivity contribution in [1.82, 2.24) is 0 Å². The maximum absolute atomic E-state index is 11.9. The van der Waals surface area contributed by atoms with E-state index in [-0.39, 0.29) is 11.3 Å². The first-order chi connectivity index (χ1) is 9.91. The van der Waals surface area contributed by atoms with Crippen molar-refractivity contribution in [3.8, 4) is 5.75 Å². The zero-order valence-electron chi connectivity index (χ0n) is 11.9. The number of hydrogen-bond acceptors (Lipinski definition) is 6. The van der Waals surface area contributed by atoms with Crippen LogP contribution in [0, 0.1) is 10.1 Å². The zero-order valence-corrected chi connectivity index (χ0v) is 11.9. The molecular weight excluding hydrogens is 278 g/mol. The number of hydrogen-bond donors (Lipinski definition) is 0. The van der Waals surface area contributed by atoms with Crippen molar-refractivity contribution in [3.63, 3.8) is 0 Å². The van der Waals surface area contributed by atoms with Gasteiger partial charge in [0.05, 0.1) is 12.0 Å². The average Bonchev–Trinajstić information content (AvgIpc) is 2.45. The Kier molecular flexibility index (Phi) is 3.95. The largest absolute Gasteiger partial charge is 0.465 e. The molecule has 0 spiro atoms. The number of fused-ring (bicyclic) bond motifs is 1. The van der Waals surface area contributed by atoms with Gasteiger partial charge in [0, 0.05) is 31.2 Å². The second-order valence-corrected chi connectivity index (χ2v) is 4.51. The Morgan fingerprint density at radius 1 is 1.48 bits per heavy atom. The molecule has 1 heterocycles. The first-order valence-electron chi connectivity index (χ1n) is 6.33. The van der Waals surface area contributed by atoms with E-state index >= 15 is 0 Å². The Balaban J connectivity index is 2.54. The Morgan fingerprint density at radius 3 is 2.76 bits per heavy atom. The summed E-state index contributed by atoms with van der Waals surface area (Å²) in [5, 5.41) is 10.8. The highest BCUT2D eigenvalue weighted by molar-refractivity contribution is 5.96.